The zero-order valence-corrected chi connectivity index (χ0v) is 19.6. The van der Waals surface area contributed by atoms with Crippen molar-refractivity contribution in [1.29, 1.82) is 0 Å². The van der Waals surface area contributed by atoms with Crippen LogP contribution in [0.2, 0.25) is 0 Å². The Morgan fingerprint density at radius 1 is 0.862 bits per heavy atom. The Kier molecular flexibility index (Phi) is 17.8. The van der Waals surface area contributed by atoms with Gasteiger partial charge in [-0.15, -0.1) is 0 Å². The molecule has 4 nitrogen and oxygen atoms in total. The molecule has 0 fully saturated rings. The fraction of sp³-hybridized carbons (Fsp3) is 0.840. The quantitative estimate of drug-likeness (QED) is 0.178. The van der Waals surface area contributed by atoms with E-state index in [-0.39, 0.29) is 11.8 Å². The number of hydrogen-bond acceptors (Lipinski definition) is 2. The molecule has 0 heterocycles. The van der Waals surface area contributed by atoms with Gasteiger partial charge in [-0.2, -0.15) is 0 Å². The summed E-state index contributed by atoms with van der Waals surface area (Å²) in [7, 11) is 0. The number of aliphatic carboxylic acids is 1. The van der Waals surface area contributed by atoms with Gasteiger partial charge in [-0.3, -0.25) is 4.79 Å². The fourth-order valence-electron chi connectivity index (χ4n) is 3.52. The van der Waals surface area contributed by atoms with Gasteiger partial charge in [0, 0.05) is 6.42 Å². The van der Waals surface area contributed by atoms with E-state index in [9.17, 15) is 14.7 Å². The van der Waals surface area contributed by atoms with Gasteiger partial charge in [0.2, 0.25) is 5.91 Å². The van der Waals surface area contributed by atoms with Crippen molar-refractivity contribution in [1.82, 2.24) is 5.32 Å². The van der Waals surface area contributed by atoms with E-state index in [0.717, 1.165) is 32.1 Å². The Labute approximate surface area is 179 Å². The fourth-order valence-corrected chi connectivity index (χ4v) is 3.52. The summed E-state index contributed by atoms with van der Waals surface area (Å²) in [5.41, 5.74) is 1.53. The van der Waals surface area contributed by atoms with Crippen molar-refractivity contribution in [3.05, 3.63) is 11.6 Å². The summed E-state index contributed by atoms with van der Waals surface area (Å²) in [5, 5.41) is 11.9. The SMILES string of the molecule is CCCCCCCC/C(C)=C\CCCCCCCC(=O)NC(C(=O)O)C(C)CC. The summed E-state index contributed by atoms with van der Waals surface area (Å²) in [5.74, 6) is -1.12. The number of nitrogens with one attached hydrogen (secondary N) is 1. The van der Waals surface area contributed by atoms with Crippen molar-refractivity contribution in [2.24, 2.45) is 5.92 Å². The first-order valence-corrected chi connectivity index (χ1v) is 12.1. The highest BCUT2D eigenvalue weighted by Crippen LogP contribution is 2.14. The summed E-state index contributed by atoms with van der Waals surface area (Å²) in [6.45, 7) is 8.32. The lowest BCUT2D eigenvalue weighted by Gasteiger charge is -2.20. The van der Waals surface area contributed by atoms with Crippen LogP contribution < -0.4 is 5.32 Å². The molecule has 0 bridgehead atoms. The van der Waals surface area contributed by atoms with E-state index in [1.54, 1.807) is 0 Å². The average molecular weight is 410 g/mol. The minimum Gasteiger partial charge on any atom is -0.480 e. The number of carboxylic acid groups (broad SMARTS) is 1. The molecule has 2 unspecified atom stereocenters. The van der Waals surface area contributed by atoms with Crippen molar-refractivity contribution in [3.8, 4) is 0 Å². The molecular formula is C25H47NO3. The van der Waals surface area contributed by atoms with Crippen LogP contribution in [0.4, 0.5) is 0 Å². The highest BCUT2D eigenvalue weighted by molar-refractivity contribution is 5.83. The van der Waals surface area contributed by atoms with Gasteiger partial charge in [0.05, 0.1) is 0 Å². The monoisotopic (exact) mass is 409 g/mol. The molecule has 170 valence electrons. The van der Waals surface area contributed by atoms with E-state index >= 15 is 0 Å². The number of allylic oxidation sites excluding steroid dienone is 2. The van der Waals surface area contributed by atoms with Crippen LogP contribution >= 0.6 is 0 Å². The highest BCUT2D eigenvalue weighted by Gasteiger charge is 2.24. The second kappa shape index (κ2) is 18.7. The van der Waals surface area contributed by atoms with Crippen LogP contribution in [-0.4, -0.2) is 23.0 Å². The smallest absolute Gasteiger partial charge is 0.326 e. The van der Waals surface area contributed by atoms with Gasteiger partial charge in [-0.25, -0.2) is 4.79 Å². The van der Waals surface area contributed by atoms with Gasteiger partial charge >= 0.3 is 5.97 Å². The molecule has 0 spiro atoms. The lowest BCUT2D eigenvalue weighted by atomic mass is 9.99. The molecule has 1 amide bonds. The Hall–Kier alpha value is -1.32. The maximum Gasteiger partial charge on any atom is 0.326 e. The molecule has 29 heavy (non-hydrogen) atoms. The molecular weight excluding hydrogens is 362 g/mol. The van der Waals surface area contributed by atoms with Crippen LogP contribution in [0, 0.1) is 5.92 Å². The normalized spacial score (nSPS) is 13.9. The summed E-state index contributed by atoms with van der Waals surface area (Å²) < 4.78 is 0. The third-order valence-electron chi connectivity index (χ3n) is 5.82. The topological polar surface area (TPSA) is 66.4 Å². The number of carboxylic acids is 1. The van der Waals surface area contributed by atoms with Gasteiger partial charge in [-0.05, 0) is 44.9 Å². The Morgan fingerprint density at radius 2 is 1.41 bits per heavy atom. The predicted octanol–water partition coefficient (Wildman–Crippen LogP) is 7.03. The number of unbranched alkanes of at least 4 members (excludes halogenated alkanes) is 10. The second-order valence-corrected chi connectivity index (χ2v) is 8.64. The van der Waals surface area contributed by atoms with Crippen LogP contribution in [0.5, 0.6) is 0 Å². The maximum atomic E-state index is 12.0. The molecule has 0 rings (SSSR count). The molecule has 2 N–H and O–H groups in total. The van der Waals surface area contributed by atoms with Gasteiger partial charge < -0.3 is 10.4 Å². The minimum absolute atomic E-state index is 0.0472. The molecule has 0 aliphatic carbocycles. The largest absolute Gasteiger partial charge is 0.480 e. The lowest BCUT2D eigenvalue weighted by molar-refractivity contribution is -0.143. The number of carbonyl (C=O) groups excluding carboxylic acids is 1. The Bertz CT molecular complexity index is 459. The third-order valence-corrected chi connectivity index (χ3v) is 5.82. The highest BCUT2D eigenvalue weighted by atomic mass is 16.4. The van der Waals surface area contributed by atoms with Gasteiger partial charge in [0.25, 0.3) is 0 Å². The Balaban J connectivity index is 3.66. The number of rotatable bonds is 19. The van der Waals surface area contributed by atoms with E-state index < -0.39 is 12.0 Å². The summed E-state index contributed by atoms with van der Waals surface area (Å²) in [6.07, 6.45) is 19.6. The Morgan fingerprint density at radius 3 is 2.00 bits per heavy atom. The van der Waals surface area contributed by atoms with E-state index in [4.69, 9.17) is 0 Å². The first kappa shape index (κ1) is 27.7. The van der Waals surface area contributed by atoms with Gasteiger partial charge in [0.15, 0.2) is 0 Å². The van der Waals surface area contributed by atoms with Crippen molar-refractivity contribution in [2.75, 3.05) is 0 Å². The summed E-state index contributed by atoms with van der Waals surface area (Å²) >= 11 is 0. The van der Waals surface area contributed by atoms with Crippen LogP contribution in [0.25, 0.3) is 0 Å². The molecule has 0 aromatic carbocycles. The number of hydrogen-bond donors (Lipinski definition) is 2. The van der Waals surface area contributed by atoms with Crippen LogP contribution in [0.1, 0.15) is 124 Å². The van der Waals surface area contributed by atoms with Crippen LogP contribution in [0.3, 0.4) is 0 Å². The molecule has 0 saturated heterocycles. The average Bonchev–Trinajstić information content (AvgIpc) is 2.69. The molecule has 4 heteroatoms. The molecule has 0 aliphatic heterocycles. The third kappa shape index (κ3) is 16.2. The molecule has 0 aromatic rings. The van der Waals surface area contributed by atoms with Crippen molar-refractivity contribution >= 4 is 11.9 Å². The van der Waals surface area contributed by atoms with E-state index in [1.165, 1.54) is 63.4 Å². The predicted molar refractivity (Wildman–Crippen MR) is 123 cm³/mol. The van der Waals surface area contributed by atoms with E-state index in [0.29, 0.717) is 6.42 Å². The molecule has 0 aromatic heterocycles. The summed E-state index contributed by atoms with van der Waals surface area (Å²) in [6, 6.07) is -0.765. The molecule has 2 atom stereocenters. The van der Waals surface area contributed by atoms with Crippen molar-refractivity contribution in [3.63, 3.8) is 0 Å². The molecule has 0 saturated carbocycles. The zero-order chi connectivity index (χ0) is 21.9. The van der Waals surface area contributed by atoms with Crippen molar-refractivity contribution in [2.45, 2.75) is 130 Å². The first-order valence-electron chi connectivity index (χ1n) is 12.1. The van der Waals surface area contributed by atoms with E-state index in [1.807, 2.05) is 13.8 Å². The van der Waals surface area contributed by atoms with E-state index in [2.05, 4.69) is 25.2 Å². The molecule has 0 aliphatic rings. The van der Waals surface area contributed by atoms with Gasteiger partial charge in [0.1, 0.15) is 6.04 Å². The van der Waals surface area contributed by atoms with Crippen LogP contribution in [-0.2, 0) is 9.59 Å². The summed E-state index contributed by atoms with van der Waals surface area (Å²) in [4.78, 5) is 23.2. The number of carbonyl (C=O) groups is 2. The minimum atomic E-state index is -0.937. The van der Waals surface area contributed by atoms with Crippen LogP contribution in [0.15, 0.2) is 11.6 Å². The standard InChI is InChI=1S/C25H47NO3/c1-5-7-8-9-12-15-18-21(3)19-16-13-10-11-14-17-20-23(27)26-24(25(28)29)22(4)6-2/h19,22,24H,5-18,20H2,1-4H3,(H,26,27)(H,28,29)/b21-19-. The maximum absolute atomic E-state index is 12.0. The van der Waals surface area contributed by atoms with Crippen molar-refractivity contribution < 1.29 is 14.7 Å². The zero-order valence-electron chi connectivity index (χ0n) is 19.6. The first-order chi connectivity index (χ1) is 13.9. The molecule has 0 radical (unpaired) electrons. The van der Waals surface area contributed by atoms with Gasteiger partial charge in [-0.1, -0.05) is 90.2 Å². The number of amides is 1. The second-order valence-electron chi connectivity index (χ2n) is 8.64. The lowest BCUT2D eigenvalue weighted by Crippen LogP contribution is -2.44.